The van der Waals surface area contributed by atoms with E-state index in [1.807, 2.05) is 0 Å². The van der Waals surface area contributed by atoms with E-state index in [0.717, 1.165) is 19.3 Å². The Kier molecular flexibility index (Phi) is 4.35. The van der Waals surface area contributed by atoms with Crippen LogP contribution in [0.4, 0.5) is 0 Å². The van der Waals surface area contributed by atoms with Gasteiger partial charge in [-0.25, -0.2) is 0 Å². The van der Waals surface area contributed by atoms with Crippen LogP contribution in [0.1, 0.15) is 38.5 Å². The van der Waals surface area contributed by atoms with Crippen LogP contribution in [0.15, 0.2) is 0 Å². The van der Waals surface area contributed by atoms with Crippen LogP contribution in [0, 0.1) is 0 Å². The molecule has 1 aliphatic rings. The van der Waals surface area contributed by atoms with E-state index >= 15 is 0 Å². The second kappa shape index (κ2) is 5.32. The first-order chi connectivity index (χ1) is 6.71. The lowest BCUT2D eigenvalue weighted by molar-refractivity contribution is -0.146. The Balaban J connectivity index is 2.47. The molecule has 0 unspecified atom stereocenters. The number of aliphatic carboxylic acids is 1. The zero-order valence-electron chi connectivity index (χ0n) is 8.46. The van der Waals surface area contributed by atoms with E-state index in [0.29, 0.717) is 25.8 Å². The fraction of sp³-hybridized carbons (Fsp3) is 0.900. The zero-order chi connectivity index (χ0) is 10.4. The van der Waals surface area contributed by atoms with Crippen molar-refractivity contribution in [3.05, 3.63) is 0 Å². The molecule has 0 amide bonds. The molecule has 4 heteroatoms. The van der Waals surface area contributed by atoms with Crippen molar-refractivity contribution >= 4 is 5.97 Å². The van der Waals surface area contributed by atoms with Crippen LogP contribution in [-0.2, 0) is 4.79 Å². The van der Waals surface area contributed by atoms with Gasteiger partial charge in [-0.05, 0) is 25.8 Å². The van der Waals surface area contributed by atoms with Crippen molar-refractivity contribution < 1.29 is 15.0 Å². The minimum absolute atomic E-state index is 0.114. The van der Waals surface area contributed by atoms with Crippen LogP contribution in [0.5, 0.6) is 0 Å². The number of aliphatic hydroxyl groups excluding tert-OH is 1. The predicted octanol–water partition coefficient (Wildman–Crippen LogP) is 0.746. The largest absolute Gasteiger partial charge is 0.480 e. The van der Waals surface area contributed by atoms with Gasteiger partial charge in [0.05, 0.1) is 0 Å². The van der Waals surface area contributed by atoms with Gasteiger partial charge in [-0.2, -0.15) is 0 Å². The van der Waals surface area contributed by atoms with Crippen molar-refractivity contribution in [1.82, 2.24) is 5.32 Å². The standard InChI is InChI=1S/C10H19NO3/c12-8-4-7-11-10(9(13)14)5-2-1-3-6-10/h11-12H,1-8H2,(H,13,14). The van der Waals surface area contributed by atoms with Crippen LogP contribution in [-0.4, -0.2) is 34.9 Å². The topological polar surface area (TPSA) is 69.6 Å². The number of aliphatic hydroxyl groups is 1. The fourth-order valence-electron chi connectivity index (χ4n) is 2.03. The molecule has 1 aliphatic carbocycles. The van der Waals surface area contributed by atoms with Gasteiger partial charge in [-0.3, -0.25) is 4.79 Å². The number of carboxylic acid groups (broad SMARTS) is 1. The molecule has 0 radical (unpaired) electrons. The minimum atomic E-state index is -0.741. The van der Waals surface area contributed by atoms with Gasteiger partial charge in [-0.1, -0.05) is 19.3 Å². The van der Waals surface area contributed by atoms with Gasteiger partial charge in [0.1, 0.15) is 5.54 Å². The summed E-state index contributed by atoms with van der Waals surface area (Å²) in [6, 6.07) is 0. The Morgan fingerprint density at radius 3 is 2.43 bits per heavy atom. The Bertz CT molecular complexity index is 188. The van der Waals surface area contributed by atoms with E-state index in [4.69, 9.17) is 10.2 Å². The molecular formula is C10H19NO3. The number of carboxylic acids is 1. The lowest BCUT2D eigenvalue weighted by atomic mass is 9.81. The number of hydrogen-bond donors (Lipinski definition) is 3. The first-order valence-electron chi connectivity index (χ1n) is 5.30. The van der Waals surface area contributed by atoms with E-state index in [9.17, 15) is 4.79 Å². The Labute approximate surface area is 84.3 Å². The van der Waals surface area contributed by atoms with Crippen molar-refractivity contribution in [3.63, 3.8) is 0 Å². The average Bonchev–Trinajstić information content (AvgIpc) is 2.19. The zero-order valence-corrected chi connectivity index (χ0v) is 8.46. The molecule has 1 fully saturated rings. The monoisotopic (exact) mass is 201 g/mol. The molecule has 3 N–H and O–H groups in total. The SMILES string of the molecule is O=C(O)C1(NCCCO)CCCCC1. The molecule has 0 spiro atoms. The smallest absolute Gasteiger partial charge is 0.323 e. The van der Waals surface area contributed by atoms with Gasteiger partial charge in [0.2, 0.25) is 0 Å². The summed E-state index contributed by atoms with van der Waals surface area (Å²) in [5, 5.41) is 20.9. The summed E-state index contributed by atoms with van der Waals surface area (Å²) in [5.74, 6) is -0.741. The summed E-state index contributed by atoms with van der Waals surface area (Å²) < 4.78 is 0. The van der Waals surface area contributed by atoms with Gasteiger partial charge >= 0.3 is 5.97 Å². The average molecular weight is 201 g/mol. The van der Waals surface area contributed by atoms with E-state index in [2.05, 4.69) is 5.32 Å². The number of hydrogen-bond acceptors (Lipinski definition) is 3. The number of nitrogens with one attached hydrogen (secondary N) is 1. The summed E-state index contributed by atoms with van der Waals surface area (Å²) >= 11 is 0. The lowest BCUT2D eigenvalue weighted by Crippen LogP contribution is -2.53. The van der Waals surface area contributed by atoms with Crippen molar-refractivity contribution in [2.45, 2.75) is 44.1 Å². The molecule has 82 valence electrons. The summed E-state index contributed by atoms with van der Waals surface area (Å²) in [5.41, 5.74) is -0.715. The van der Waals surface area contributed by atoms with E-state index < -0.39 is 11.5 Å². The maximum Gasteiger partial charge on any atom is 0.323 e. The molecule has 1 saturated carbocycles. The third-order valence-electron chi connectivity index (χ3n) is 2.91. The number of carbonyl (C=O) groups is 1. The van der Waals surface area contributed by atoms with E-state index in [1.165, 1.54) is 0 Å². The van der Waals surface area contributed by atoms with Crippen LogP contribution in [0.25, 0.3) is 0 Å². The summed E-state index contributed by atoms with van der Waals surface area (Å²) in [6.07, 6.45) is 5.16. The molecule has 0 heterocycles. The highest BCUT2D eigenvalue weighted by molar-refractivity contribution is 5.78. The Hall–Kier alpha value is -0.610. The second-order valence-corrected chi connectivity index (χ2v) is 3.95. The van der Waals surface area contributed by atoms with Crippen molar-refractivity contribution in [3.8, 4) is 0 Å². The summed E-state index contributed by atoms with van der Waals surface area (Å²) in [7, 11) is 0. The maximum absolute atomic E-state index is 11.1. The van der Waals surface area contributed by atoms with Crippen LogP contribution in [0.2, 0.25) is 0 Å². The quantitative estimate of drug-likeness (QED) is 0.574. The summed E-state index contributed by atoms with van der Waals surface area (Å²) in [4.78, 5) is 11.1. The number of rotatable bonds is 5. The first-order valence-corrected chi connectivity index (χ1v) is 5.30. The highest BCUT2D eigenvalue weighted by atomic mass is 16.4. The molecule has 0 bridgehead atoms. The second-order valence-electron chi connectivity index (χ2n) is 3.95. The van der Waals surface area contributed by atoms with Crippen LogP contribution in [0.3, 0.4) is 0 Å². The molecular weight excluding hydrogens is 182 g/mol. The van der Waals surface area contributed by atoms with Gasteiger partial charge in [0, 0.05) is 6.61 Å². The predicted molar refractivity (Wildman–Crippen MR) is 53.2 cm³/mol. The maximum atomic E-state index is 11.1. The fourth-order valence-corrected chi connectivity index (χ4v) is 2.03. The highest BCUT2D eigenvalue weighted by Gasteiger charge is 2.38. The minimum Gasteiger partial charge on any atom is -0.480 e. The van der Waals surface area contributed by atoms with Gasteiger partial charge in [0.15, 0.2) is 0 Å². The molecule has 0 atom stereocenters. The van der Waals surface area contributed by atoms with Crippen molar-refractivity contribution in [1.29, 1.82) is 0 Å². The van der Waals surface area contributed by atoms with Gasteiger partial charge in [-0.15, -0.1) is 0 Å². The highest BCUT2D eigenvalue weighted by Crippen LogP contribution is 2.28. The van der Waals surface area contributed by atoms with E-state index in [-0.39, 0.29) is 6.61 Å². The molecule has 0 aliphatic heterocycles. The Morgan fingerprint density at radius 2 is 1.93 bits per heavy atom. The third-order valence-corrected chi connectivity index (χ3v) is 2.91. The summed E-state index contributed by atoms with van der Waals surface area (Å²) in [6.45, 7) is 0.700. The molecule has 14 heavy (non-hydrogen) atoms. The van der Waals surface area contributed by atoms with E-state index in [1.54, 1.807) is 0 Å². The third kappa shape index (κ3) is 2.69. The molecule has 0 aromatic rings. The Morgan fingerprint density at radius 1 is 1.29 bits per heavy atom. The molecule has 0 saturated heterocycles. The van der Waals surface area contributed by atoms with Gasteiger partial charge in [0.25, 0.3) is 0 Å². The molecule has 1 rings (SSSR count). The van der Waals surface area contributed by atoms with Crippen LogP contribution >= 0.6 is 0 Å². The molecule has 0 aromatic heterocycles. The lowest BCUT2D eigenvalue weighted by Gasteiger charge is -2.34. The van der Waals surface area contributed by atoms with Crippen molar-refractivity contribution in [2.75, 3.05) is 13.2 Å². The normalized spacial score (nSPS) is 20.6. The molecule has 0 aromatic carbocycles. The van der Waals surface area contributed by atoms with Crippen LogP contribution < -0.4 is 5.32 Å². The first kappa shape index (κ1) is 11.5. The molecule has 4 nitrogen and oxygen atoms in total. The van der Waals surface area contributed by atoms with Gasteiger partial charge < -0.3 is 15.5 Å². The van der Waals surface area contributed by atoms with Crippen molar-refractivity contribution in [2.24, 2.45) is 0 Å².